The quantitative estimate of drug-likeness (QED) is 0.757. The van der Waals surface area contributed by atoms with Crippen molar-refractivity contribution in [3.63, 3.8) is 0 Å². The van der Waals surface area contributed by atoms with Gasteiger partial charge >= 0.3 is 0 Å². The van der Waals surface area contributed by atoms with Crippen LogP contribution in [0.1, 0.15) is 80.3 Å². The molecule has 4 rings (SSSR count). The number of carbonyl (C=O) groups excluding carboxylic acids is 1. The Balaban J connectivity index is 1.36. The first-order chi connectivity index (χ1) is 14.1. The Bertz CT molecular complexity index is 1010. The second-order valence-corrected chi connectivity index (χ2v) is 11.0. The van der Waals surface area contributed by atoms with Gasteiger partial charge in [-0.1, -0.05) is 0 Å². The van der Waals surface area contributed by atoms with Crippen LogP contribution in [0.25, 0.3) is 0 Å². The molecule has 2 fully saturated rings. The smallest absolute Gasteiger partial charge is 0.253 e. The van der Waals surface area contributed by atoms with Crippen LogP contribution < -0.4 is 4.72 Å². The molecule has 9 heteroatoms. The molecular formula is C21H29N5O3S. The van der Waals surface area contributed by atoms with E-state index in [-0.39, 0.29) is 10.8 Å². The number of piperidine rings is 1. The predicted molar refractivity (Wildman–Crippen MR) is 113 cm³/mol. The summed E-state index contributed by atoms with van der Waals surface area (Å²) in [4.78, 5) is 19.5. The van der Waals surface area contributed by atoms with E-state index >= 15 is 0 Å². The Hall–Kier alpha value is -2.26. The molecule has 1 amide bonds. The van der Waals surface area contributed by atoms with Crippen LogP contribution in [0, 0.1) is 0 Å². The molecule has 0 unspecified atom stereocenters. The van der Waals surface area contributed by atoms with Gasteiger partial charge in [0.1, 0.15) is 5.82 Å². The lowest BCUT2D eigenvalue weighted by Crippen LogP contribution is -2.40. The number of nitrogens with one attached hydrogen (secondary N) is 2. The molecule has 0 radical (unpaired) electrons. The van der Waals surface area contributed by atoms with E-state index < -0.39 is 15.6 Å². The SMILES string of the molecule is CC(C)(C)NS(=O)(=O)c1ccc(C(=O)N2CCC(c3nc(C4CC4)n[nH]3)CC2)cc1. The summed E-state index contributed by atoms with van der Waals surface area (Å²) in [6.07, 6.45) is 4.03. The minimum Gasteiger partial charge on any atom is -0.339 e. The van der Waals surface area contributed by atoms with Crippen LogP contribution in [0.2, 0.25) is 0 Å². The molecule has 0 bridgehead atoms. The van der Waals surface area contributed by atoms with E-state index in [1.54, 1.807) is 32.9 Å². The van der Waals surface area contributed by atoms with E-state index in [2.05, 4.69) is 19.9 Å². The lowest BCUT2D eigenvalue weighted by atomic mass is 9.95. The number of benzene rings is 1. The van der Waals surface area contributed by atoms with Crippen molar-refractivity contribution in [3.8, 4) is 0 Å². The third-order valence-electron chi connectivity index (χ3n) is 5.48. The monoisotopic (exact) mass is 431 g/mol. The van der Waals surface area contributed by atoms with Crippen molar-refractivity contribution in [2.75, 3.05) is 13.1 Å². The number of amides is 1. The van der Waals surface area contributed by atoms with Gasteiger partial charge < -0.3 is 4.90 Å². The molecule has 2 aromatic rings. The summed E-state index contributed by atoms with van der Waals surface area (Å²) in [5, 5.41) is 7.42. The average molecular weight is 432 g/mol. The number of hydrogen-bond donors (Lipinski definition) is 2. The number of H-pyrrole nitrogens is 1. The Morgan fingerprint density at radius 2 is 1.70 bits per heavy atom. The maximum atomic E-state index is 12.9. The molecule has 8 nitrogen and oxygen atoms in total. The zero-order valence-corrected chi connectivity index (χ0v) is 18.5. The van der Waals surface area contributed by atoms with Crippen molar-refractivity contribution in [2.45, 2.75) is 68.7 Å². The molecule has 1 aromatic carbocycles. The first-order valence-corrected chi connectivity index (χ1v) is 12.0. The van der Waals surface area contributed by atoms with E-state index in [1.165, 1.54) is 25.0 Å². The highest BCUT2D eigenvalue weighted by Gasteiger charge is 2.31. The molecule has 1 aliphatic carbocycles. The maximum absolute atomic E-state index is 12.9. The minimum atomic E-state index is -3.61. The highest BCUT2D eigenvalue weighted by molar-refractivity contribution is 7.89. The normalized spacial score (nSPS) is 18.6. The Morgan fingerprint density at radius 1 is 1.07 bits per heavy atom. The van der Waals surface area contributed by atoms with E-state index in [0.717, 1.165) is 24.5 Å². The molecule has 30 heavy (non-hydrogen) atoms. The van der Waals surface area contributed by atoms with Crippen LogP contribution in [0.15, 0.2) is 29.2 Å². The number of nitrogens with zero attached hydrogens (tertiary/aromatic N) is 3. The van der Waals surface area contributed by atoms with Gasteiger partial charge in [0, 0.05) is 36.0 Å². The molecule has 1 saturated carbocycles. The third kappa shape index (κ3) is 4.73. The summed E-state index contributed by atoms with van der Waals surface area (Å²) >= 11 is 0. The van der Waals surface area contributed by atoms with Crippen molar-refractivity contribution in [1.82, 2.24) is 24.8 Å². The molecule has 1 aliphatic heterocycles. The van der Waals surface area contributed by atoms with E-state index in [1.807, 2.05) is 4.90 Å². The first-order valence-electron chi connectivity index (χ1n) is 10.5. The fourth-order valence-electron chi connectivity index (χ4n) is 3.77. The zero-order valence-electron chi connectivity index (χ0n) is 17.7. The van der Waals surface area contributed by atoms with Gasteiger partial charge in [-0.3, -0.25) is 9.89 Å². The van der Waals surface area contributed by atoms with Gasteiger partial charge in [0.15, 0.2) is 5.82 Å². The second-order valence-electron chi connectivity index (χ2n) is 9.30. The number of rotatable bonds is 5. The van der Waals surface area contributed by atoms with E-state index in [4.69, 9.17) is 0 Å². The highest BCUT2D eigenvalue weighted by Crippen LogP contribution is 2.38. The topological polar surface area (TPSA) is 108 Å². The van der Waals surface area contributed by atoms with Gasteiger partial charge in [-0.15, -0.1) is 0 Å². The zero-order chi connectivity index (χ0) is 21.5. The molecule has 2 N–H and O–H groups in total. The lowest BCUT2D eigenvalue weighted by molar-refractivity contribution is 0.0711. The third-order valence-corrected chi connectivity index (χ3v) is 7.26. The predicted octanol–water partition coefficient (Wildman–Crippen LogP) is 2.78. The summed E-state index contributed by atoms with van der Waals surface area (Å²) in [5.41, 5.74) is -0.0699. The number of carbonyl (C=O) groups is 1. The van der Waals surface area contributed by atoms with Gasteiger partial charge in [0.05, 0.1) is 4.90 Å². The van der Waals surface area contributed by atoms with Crippen molar-refractivity contribution >= 4 is 15.9 Å². The van der Waals surface area contributed by atoms with Gasteiger partial charge in [0.25, 0.3) is 5.91 Å². The van der Waals surface area contributed by atoms with Crippen LogP contribution in [0.5, 0.6) is 0 Å². The van der Waals surface area contributed by atoms with Gasteiger partial charge in [-0.2, -0.15) is 5.10 Å². The van der Waals surface area contributed by atoms with Crippen molar-refractivity contribution < 1.29 is 13.2 Å². The Labute approximate surface area is 177 Å². The average Bonchev–Trinajstić information content (AvgIpc) is 3.43. The van der Waals surface area contributed by atoms with Crippen LogP contribution in [-0.4, -0.2) is 53.0 Å². The highest BCUT2D eigenvalue weighted by atomic mass is 32.2. The molecule has 162 valence electrons. The van der Waals surface area contributed by atoms with E-state index in [0.29, 0.717) is 30.5 Å². The molecule has 1 saturated heterocycles. The first kappa shape index (κ1) is 21.0. The van der Waals surface area contributed by atoms with Crippen molar-refractivity contribution in [1.29, 1.82) is 0 Å². The van der Waals surface area contributed by atoms with Crippen molar-refractivity contribution in [2.24, 2.45) is 0 Å². The molecule has 0 atom stereocenters. The molecule has 2 aliphatic rings. The summed E-state index contributed by atoms with van der Waals surface area (Å²) in [6.45, 7) is 6.66. The fourth-order valence-corrected chi connectivity index (χ4v) is 5.19. The number of sulfonamides is 1. The Morgan fingerprint density at radius 3 is 2.27 bits per heavy atom. The molecule has 1 aromatic heterocycles. The van der Waals surface area contributed by atoms with Crippen molar-refractivity contribution in [3.05, 3.63) is 41.5 Å². The molecular weight excluding hydrogens is 402 g/mol. The summed E-state index contributed by atoms with van der Waals surface area (Å²) in [5.74, 6) is 2.62. The number of aromatic nitrogens is 3. The summed E-state index contributed by atoms with van der Waals surface area (Å²) in [6, 6.07) is 6.15. The van der Waals surface area contributed by atoms with Crippen LogP contribution in [-0.2, 0) is 10.0 Å². The number of hydrogen-bond acceptors (Lipinski definition) is 5. The lowest BCUT2D eigenvalue weighted by Gasteiger charge is -2.31. The van der Waals surface area contributed by atoms with Gasteiger partial charge in [-0.05, 0) is 70.7 Å². The summed E-state index contributed by atoms with van der Waals surface area (Å²) < 4.78 is 27.5. The fraction of sp³-hybridized carbons (Fsp3) is 0.571. The van der Waals surface area contributed by atoms with Crippen LogP contribution >= 0.6 is 0 Å². The molecule has 0 spiro atoms. The second kappa shape index (κ2) is 7.77. The van der Waals surface area contributed by atoms with Crippen LogP contribution in [0.3, 0.4) is 0 Å². The largest absolute Gasteiger partial charge is 0.339 e. The maximum Gasteiger partial charge on any atom is 0.253 e. The summed E-state index contributed by atoms with van der Waals surface area (Å²) in [7, 11) is -3.61. The molecule has 2 heterocycles. The van der Waals surface area contributed by atoms with E-state index in [9.17, 15) is 13.2 Å². The standard InChI is InChI=1S/C21H29N5O3S/c1-21(2,3)25-30(28,29)17-8-6-16(7-9-17)20(27)26-12-10-15(11-13-26)19-22-18(23-24-19)14-4-5-14/h6-9,14-15,25H,4-5,10-13H2,1-3H3,(H,22,23,24). The minimum absolute atomic E-state index is 0.0718. The van der Waals surface area contributed by atoms with Gasteiger partial charge in [0.2, 0.25) is 10.0 Å². The van der Waals surface area contributed by atoms with Crippen LogP contribution in [0.4, 0.5) is 0 Å². The number of likely N-dealkylation sites (tertiary alicyclic amines) is 1. The Kier molecular flexibility index (Phi) is 5.44. The van der Waals surface area contributed by atoms with Gasteiger partial charge in [-0.25, -0.2) is 18.1 Å². The number of aromatic amines is 1.